The predicted molar refractivity (Wildman–Crippen MR) is 249 cm³/mol. The van der Waals surface area contributed by atoms with Crippen molar-refractivity contribution in [3.8, 4) is 23.0 Å². The van der Waals surface area contributed by atoms with Gasteiger partial charge in [0.25, 0.3) is 45.9 Å². The number of aliphatic hydroxyl groups is 4. The van der Waals surface area contributed by atoms with Gasteiger partial charge in [-0.25, -0.2) is 0 Å². The first-order valence-electron chi connectivity index (χ1n) is 22.0. The van der Waals surface area contributed by atoms with Gasteiger partial charge in [0.05, 0.1) is 48.7 Å². The fraction of sp³-hybridized carbons (Fsp3) is 0.432. The number of rotatable bonds is 28. The van der Waals surface area contributed by atoms with E-state index in [1.807, 2.05) is 0 Å². The van der Waals surface area contributed by atoms with Crippen LogP contribution in [0.25, 0.3) is 0 Å². The molecule has 0 aromatic carbocycles. The molecule has 0 saturated heterocycles. The van der Waals surface area contributed by atoms with Crippen molar-refractivity contribution in [2.45, 2.75) is 26.2 Å². The van der Waals surface area contributed by atoms with Crippen molar-refractivity contribution in [2.24, 2.45) is 5.92 Å². The fourth-order valence-corrected chi connectivity index (χ4v) is 7.19. The molecule has 0 saturated carbocycles. The van der Waals surface area contributed by atoms with E-state index in [2.05, 4.69) is 28.2 Å². The van der Waals surface area contributed by atoms with Gasteiger partial charge in [-0.2, -0.15) is 0 Å². The molecular formula is C44H59N10O16Re-. The average molecular weight is 1170 g/mol. The summed E-state index contributed by atoms with van der Waals surface area (Å²) in [5.74, 6) is -6.95. The number of amides is 4. The predicted octanol–water partition coefficient (Wildman–Crippen LogP) is -4.80. The maximum atomic E-state index is 13.1. The summed E-state index contributed by atoms with van der Waals surface area (Å²) in [6, 6.07) is 4.86. The molecule has 0 atom stereocenters. The first-order valence-corrected chi connectivity index (χ1v) is 22.0. The molecule has 4 amide bonds. The Morgan fingerprint density at radius 3 is 0.859 bits per heavy atom. The molecule has 0 spiro atoms. The van der Waals surface area contributed by atoms with Crippen LogP contribution < -0.4 is 43.5 Å². The van der Waals surface area contributed by atoms with Gasteiger partial charge in [0.1, 0.15) is 0 Å². The molecule has 4 heterocycles. The summed E-state index contributed by atoms with van der Waals surface area (Å²) in [4.78, 5) is 106. The number of aromatic nitrogens is 4. The van der Waals surface area contributed by atoms with Gasteiger partial charge >= 0.3 is 0 Å². The first kappa shape index (κ1) is 58.6. The smallest absolute Gasteiger partial charge is 0.293 e. The number of carbonyl (C=O) groups excluding carboxylic acids is 4. The maximum Gasteiger partial charge on any atom is 0.293 e. The molecule has 4 aromatic rings. The van der Waals surface area contributed by atoms with Gasteiger partial charge in [0, 0.05) is 124 Å². The van der Waals surface area contributed by atoms with Gasteiger partial charge in [0.15, 0.2) is 23.0 Å². The van der Waals surface area contributed by atoms with Crippen LogP contribution in [0.5, 0.6) is 23.0 Å². The molecule has 12 N–H and O–H groups in total. The van der Waals surface area contributed by atoms with E-state index >= 15 is 0 Å². The Kier molecular flexibility index (Phi) is 23.8. The second kappa shape index (κ2) is 28.8. The molecule has 26 nitrogen and oxygen atoms in total. The minimum atomic E-state index is -0.886. The number of aromatic hydroxyl groups is 4. The van der Waals surface area contributed by atoms with E-state index in [0.29, 0.717) is 0 Å². The third-order valence-electron chi connectivity index (χ3n) is 10.8. The Morgan fingerprint density at radius 2 is 0.662 bits per heavy atom. The minimum Gasteiger partial charge on any atom is -0.502 e. The van der Waals surface area contributed by atoms with Crippen molar-refractivity contribution >= 4 is 23.6 Å². The SMILES string of the molecule is [CH2-]C(CN(CCNC(=O)c1ccn(CCO)c(=O)c1O)CCNC(=O)c1ccn(CCO)c(=O)c1O)CN(CCNC(=O)c1ccn(CCO)c(=O)c1O)CCNC(=O)c1ccn(CCO)c(=O)c1O.[Re]. The zero-order valence-corrected chi connectivity index (χ0v) is 41.3. The van der Waals surface area contributed by atoms with E-state index in [1.165, 1.54) is 49.1 Å². The average Bonchev–Trinajstić information content (AvgIpc) is 3.32. The van der Waals surface area contributed by atoms with Gasteiger partial charge < -0.3 is 97.1 Å². The molecule has 389 valence electrons. The molecule has 4 aromatic heterocycles. The Labute approximate surface area is 418 Å². The molecule has 0 aliphatic rings. The third kappa shape index (κ3) is 16.2. The summed E-state index contributed by atoms with van der Waals surface area (Å²) in [6.45, 7) is 2.82. The largest absolute Gasteiger partial charge is 0.502 e. The fourth-order valence-electron chi connectivity index (χ4n) is 7.19. The van der Waals surface area contributed by atoms with Gasteiger partial charge in [-0.3, -0.25) is 38.4 Å². The van der Waals surface area contributed by atoms with Crippen molar-refractivity contribution in [3.63, 3.8) is 0 Å². The van der Waals surface area contributed by atoms with Crippen molar-refractivity contribution < 1.29 is 80.5 Å². The van der Waals surface area contributed by atoms with Crippen molar-refractivity contribution in [1.29, 1.82) is 0 Å². The number of carbonyl (C=O) groups is 4. The van der Waals surface area contributed by atoms with Crippen LogP contribution in [0, 0.1) is 12.8 Å². The van der Waals surface area contributed by atoms with Gasteiger partial charge in [-0.05, 0) is 37.4 Å². The second-order valence-electron chi connectivity index (χ2n) is 15.7. The summed E-state index contributed by atoms with van der Waals surface area (Å²) in [5.41, 5.74) is -4.80. The molecule has 4 rings (SSSR count). The molecule has 27 heteroatoms. The van der Waals surface area contributed by atoms with Crippen LogP contribution in [0.15, 0.2) is 68.2 Å². The van der Waals surface area contributed by atoms with Crippen molar-refractivity contribution in [1.82, 2.24) is 49.3 Å². The van der Waals surface area contributed by atoms with E-state index in [9.17, 15) is 79.2 Å². The first-order chi connectivity index (χ1) is 33.5. The van der Waals surface area contributed by atoms with Gasteiger partial charge in [-0.1, -0.05) is 0 Å². The van der Waals surface area contributed by atoms with Gasteiger partial charge in [0.2, 0.25) is 0 Å². The Hall–Kier alpha value is -6.70. The Morgan fingerprint density at radius 1 is 0.451 bits per heavy atom. The summed E-state index contributed by atoms with van der Waals surface area (Å²) in [7, 11) is 0. The van der Waals surface area contributed by atoms with Crippen LogP contribution in [0.1, 0.15) is 41.4 Å². The molecule has 0 aliphatic carbocycles. The summed E-state index contributed by atoms with van der Waals surface area (Å²) in [5, 5.41) is 89.0. The zero-order chi connectivity index (χ0) is 51.5. The molecule has 0 aliphatic heterocycles. The van der Waals surface area contributed by atoms with E-state index in [-0.39, 0.29) is 161 Å². The number of pyridine rings is 4. The van der Waals surface area contributed by atoms with Crippen LogP contribution in [-0.2, 0) is 46.6 Å². The van der Waals surface area contributed by atoms with E-state index in [4.69, 9.17) is 0 Å². The maximum absolute atomic E-state index is 13.1. The van der Waals surface area contributed by atoms with Crippen LogP contribution in [0.3, 0.4) is 0 Å². The van der Waals surface area contributed by atoms with Gasteiger partial charge in [-0.15, -0.1) is 5.92 Å². The van der Waals surface area contributed by atoms with Crippen LogP contribution in [0.4, 0.5) is 0 Å². The summed E-state index contributed by atoms with van der Waals surface area (Å²) >= 11 is 0. The Balaban J connectivity index is 0.0000133. The van der Waals surface area contributed by atoms with Crippen LogP contribution in [-0.4, -0.2) is 184 Å². The van der Waals surface area contributed by atoms with E-state index < -0.39 is 74.8 Å². The van der Waals surface area contributed by atoms with Crippen LogP contribution >= 0.6 is 0 Å². The number of nitrogens with zero attached hydrogens (tertiary/aromatic N) is 6. The molecule has 0 fully saturated rings. The minimum absolute atomic E-state index is 0. The Bertz CT molecular complexity index is 2350. The molecule has 71 heavy (non-hydrogen) atoms. The van der Waals surface area contributed by atoms with Crippen LogP contribution in [0.2, 0.25) is 0 Å². The number of hydrogen-bond donors (Lipinski definition) is 12. The summed E-state index contributed by atoms with van der Waals surface area (Å²) in [6.07, 6.45) is 4.98. The van der Waals surface area contributed by atoms with Crippen molar-refractivity contribution in [2.75, 3.05) is 91.9 Å². The van der Waals surface area contributed by atoms with Crippen molar-refractivity contribution in [3.05, 3.63) is 120 Å². The number of aliphatic hydroxyl groups excluding tert-OH is 4. The summed E-state index contributed by atoms with van der Waals surface area (Å²) < 4.78 is 4.11. The molecule has 1 radical (unpaired) electrons. The normalized spacial score (nSPS) is 11.2. The zero-order valence-electron chi connectivity index (χ0n) is 38.5. The quantitative estimate of drug-likeness (QED) is 0.0238. The molecular weight excluding hydrogens is 1110 g/mol. The second-order valence-corrected chi connectivity index (χ2v) is 15.7. The standard InChI is InChI=1S/C44H59N10O16.Re/c1-28(26-49(14-6-45-37(63)29-2-10-51(18-22-55)41(67)33(29)59)15-7-46-38(64)30-3-11-52(19-23-56)42(68)34(30)60)27-50(16-8-47-39(65)31-4-12-53(20-24-57)43(69)35(31)61)17-9-48-40(66)32-5-13-54(21-25-58)44(70)36(32)62;/h2-5,10-13,28,55-62H,1,6-9,14-27H2,(H,45,63)(H,46,64)(H,47,65)(H,48,66);/q-1;. The van der Waals surface area contributed by atoms with E-state index in [0.717, 1.165) is 18.3 Å². The molecule has 0 bridgehead atoms. The monoisotopic (exact) mass is 1170 g/mol. The third-order valence-corrected chi connectivity index (χ3v) is 10.8. The van der Waals surface area contributed by atoms with E-state index in [1.54, 1.807) is 9.80 Å². The molecule has 0 unspecified atom stereocenters. The topological polar surface area (TPSA) is 373 Å². The number of hydrogen-bond acceptors (Lipinski definition) is 18. The number of nitrogens with one attached hydrogen (secondary N) is 4.